The van der Waals surface area contributed by atoms with Gasteiger partial charge < -0.3 is 14.7 Å². The zero-order valence-corrected chi connectivity index (χ0v) is 22.5. The lowest BCUT2D eigenvalue weighted by Gasteiger charge is -2.47. The quantitative estimate of drug-likeness (QED) is 0.562. The smallest absolute Gasteiger partial charge is 0.245 e. The van der Waals surface area contributed by atoms with Gasteiger partial charge in [-0.1, -0.05) is 23.2 Å². The molecular weight excluding hydrogens is 502 g/mol. The highest BCUT2D eigenvalue weighted by atomic mass is 35.5. The first-order valence-corrected chi connectivity index (χ1v) is 13.1. The van der Waals surface area contributed by atoms with Crippen molar-refractivity contribution in [3.8, 4) is 0 Å². The third-order valence-electron chi connectivity index (χ3n) is 7.32. The van der Waals surface area contributed by atoms with Gasteiger partial charge in [0.05, 0.1) is 0 Å². The normalized spacial score (nSPS) is 20.9. The van der Waals surface area contributed by atoms with Gasteiger partial charge in [-0.25, -0.2) is 4.39 Å². The number of aryl methyl sites for hydroxylation is 1. The first-order chi connectivity index (χ1) is 17.1. The van der Waals surface area contributed by atoms with Crippen molar-refractivity contribution in [3.63, 3.8) is 0 Å². The van der Waals surface area contributed by atoms with Gasteiger partial charge in [0.15, 0.2) is 0 Å². The Bertz CT molecular complexity index is 1100. The third-order valence-corrected chi connectivity index (χ3v) is 7.76. The fraction of sp³-hybridized carbons (Fsp3) is 0.481. The van der Waals surface area contributed by atoms with E-state index in [-0.39, 0.29) is 23.7 Å². The number of piperidine rings is 1. The molecule has 9 heteroatoms. The van der Waals surface area contributed by atoms with Crippen LogP contribution in [0, 0.1) is 12.7 Å². The maximum atomic E-state index is 13.9. The summed E-state index contributed by atoms with van der Waals surface area (Å²) in [5.74, 6) is -0.179. The van der Waals surface area contributed by atoms with Crippen molar-refractivity contribution < 1.29 is 14.0 Å². The second-order valence-corrected chi connectivity index (χ2v) is 10.7. The summed E-state index contributed by atoms with van der Waals surface area (Å²) in [6.45, 7) is 7.59. The molecule has 2 heterocycles. The standard InChI is InChI=1S/C27H33Cl2FN4O2/c1-18-12-23(30)4-5-25(18)34-7-6-24(33-10-8-32(9-11-33)19(2)35)16-26(34)27(36)31(3)17-20-13-21(28)15-22(29)14-20/h4-5,12-15,24,26H,6-11,16-17H2,1-3H3. The lowest BCUT2D eigenvalue weighted by Crippen LogP contribution is -2.59. The van der Waals surface area contributed by atoms with Gasteiger partial charge in [0.25, 0.3) is 0 Å². The lowest BCUT2D eigenvalue weighted by molar-refractivity contribution is -0.133. The number of hydrogen-bond acceptors (Lipinski definition) is 4. The Morgan fingerprint density at radius 3 is 2.31 bits per heavy atom. The molecule has 2 aliphatic heterocycles. The summed E-state index contributed by atoms with van der Waals surface area (Å²) in [6.07, 6.45) is 1.56. The van der Waals surface area contributed by atoms with E-state index in [1.54, 1.807) is 31.0 Å². The monoisotopic (exact) mass is 534 g/mol. The molecule has 2 unspecified atom stereocenters. The molecule has 4 rings (SSSR count). The highest BCUT2D eigenvalue weighted by Gasteiger charge is 2.38. The number of nitrogens with zero attached hydrogens (tertiary/aromatic N) is 4. The Hall–Kier alpha value is -2.35. The molecule has 36 heavy (non-hydrogen) atoms. The number of benzene rings is 2. The number of amides is 2. The van der Waals surface area contributed by atoms with Crippen molar-refractivity contribution in [2.45, 2.75) is 45.3 Å². The fourth-order valence-electron chi connectivity index (χ4n) is 5.45. The second-order valence-electron chi connectivity index (χ2n) is 9.83. The van der Waals surface area contributed by atoms with E-state index >= 15 is 0 Å². The molecule has 2 fully saturated rings. The maximum Gasteiger partial charge on any atom is 0.245 e. The van der Waals surface area contributed by atoms with E-state index in [1.165, 1.54) is 12.1 Å². The van der Waals surface area contributed by atoms with E-state index in [9.17, 15) is 14.0 Å². The van der Waals surface area contributed by atoms with Gasteiger partial charge in [-0.3, -0.25) is 14.5 Å². The van der Waals surface area contributed by atoms with Crippen molar-refractivity contribution in [2.24, 2.45) is 0 Å². The molecular formula is C27H33Cl2FN4O2. The van der Waals surface area contributed by atoms with E-state index in [0.717, 1.165) is 36.3 Å². The third kappa shape index (κ3) is 6.13. The summed E-state index contributed by atoms with van der Waals surface area (Å²) < 4.78 is 13.8. The van der Waals surface area contributed by atoms with Crippen LogP contribution in [0.25, 0.3) is 0 Å². The number of piperazine rings is 1. The predicted octanol–water partition coefficient (Wildman–Crippen LogP) is 4.60. The average Bonchev–Trinajstić information content (AvgIpc) is 2.83. The zero-order chi connectivity index (χ0) is 26.0. The molecule has 6 nitrogen and oxygen atoms in total. The predicted molar refractivity (Wildman–Crippen MR) is 142 cm³/mol. The number of likely N-dealkylation sites (N-methyl/N-ethyl adjacent to an activating group) is 1. The van der Waals surface area contributed by atoms with Gasteiger partial charge in [-0.15, -0.1) is 0 Å². The summed E-state index contributed by atoms with van der Waals surface area (Å²) in [6, 6.07) is 9.89. The zero-order valence-electron chi connectivity index (χ0n) is 21.0. The van der Waals surface area contributed by atoms with Gasteiger partial charge in [0.1, 0.15) is 11.9 Å². The van der Waals surface area contributed by atoms with Crippen LogP contribution >= 0.6 is 23.2 Å². The summed E-state index contributed by atoms with van der Waals surface area (Å²) >= 11 is 12.3. The molecule has 0 radical (unpaired) electrons. The molecule has 194 valence electrons. The molecule has 0 bridgehead atoms. The summed E-state index contributed by atoms with van der Waals surface area (Å²) in [5, 5.41) is 1.06. The fourth-order valence-corrected chi connectivity index (χ4v) is 6.02. The van der Waals surface area contributed by atoms with Crippen LogP contribution in [0.1, 0.15) is 30.9 Å². The van der Waals surface area contributed by atoms with Crippen LogP contribution in [0.15, 0.2) is 36.4 Å². The van der Waals surface area contributed by atoms with Gasteiger partial charge in [-0.05, 0) is 67.3 Å². The van der Waals surface area contributed by atoms with Crippen LogP contribution in [0.2, 0.25) is 10.0 Å². The molecule has 2 aromatic rings. The van der Waals surface area contributed by atoms with Crippen molar-refractivity contribution in [1.82, 2.24) is 14.7 Å². The molecule has 2 aliphatic rings. The molecule has 2 aromatic carbocycles. The summed E-state index contributed by atoms with van der Waals surface area (Å²) in [7, 11) is 1.79. The molecule has 0 aliphatic carbocycles. The van der Waals surface area contributed by atoms with Gasteiger partial charge in [0, 0.05) is 75.0 Å². The summed E-state index contributed by atoms with van der Waals surface area (Å²) in [5.41, 5.74) is 2.56. The molecule has 0 saturated carbocycles. The van der Waals surface area contributed by atoms with Crippen LogP contribution in [0.3, 0.4) is 0 Å². The number of hydrogen-bond donors (Lipinski definition) is 0. The molecule has 2 atom stereocenters. The largest absolute Gasteiger partial charge is 0.359 e. The molecule has 2 saturated heterocycles. The van der Waals surface area contributed by atoms with Crippen LogP contribution in [-0.4, -0.2) is 78.4 Å². The minimum Gasteiger partial charge on any atom is -0.359 e. The van der Waals surface area contributed by atoms with E-state index in [2.05, 4.69) is 9.80 Å². The van der Waals surface area contributed by atoms with Gasteiger partial charge in [-0.2, -0.15) is 0 Å². The first kappa shape index (κ1) is 26.7. The Morgan fingerprint density at radius 1 is 1.03 bits per heavy atom. The highest BCUT2D eigenvalue weighted by molar-refractivity contribution is 6.34. The molecule has 0 spiro atoms. The number of halogens is 3. The Morgan fingerprint density at radius 2 is 1.69 bits per heavy atom. The number of carbonyl (C=O) groups is 2. The van der Waals surface area contributed by atoms with Crippen molar-refractivity contribution >= 4 is 40.7 Å². The Labute approximate surface area is 222 Å². The highest BCUT2D eigenvalue weighted by Crippen LogP contribution is 2.32. The lowest BCUT2D eigenvalue weighted by atomic mass is 9.92. The number of carbonyl (C=O) groups excluding carboxylic acids is 2. The van der Waals surface area contributed by atoms with Crippen LogP contribution in [0.4, 0.5) is 10.1 Å². The Kier molecular flexibility index (Phi) is 8.43. The van der Waals surface area contributed by atoms with Crippen molar-refractivity contribution in [2.75, 3.05) is 44.7 Å². The van der Waals surface area contributed by atoms with E-state index < -0.39 is 6.04 Å². The van der Waals surface area contributed by atoms with Gasteiger partial charge >= 0.3 is 0 Å². The summed E-state index contributed by atoms with van der Waals surface area (Å²) in [4.78, 5) is 33.8. The number of rotatable bonds is 5. The van der Waals surface area contributed by atoms with Gasteiger partial charge in [0.2, 0.25) is 11.8 Å². The minimum atomic E-state index is -0.390. The van der Waals surface area contributed by atoms with Crippen molar-refractivity contribution in [1.29, 1.82) is 0 Å². The molecule has 2 amide bonds. The number of anilines is 1. The van der Waals surface area contributed by atoms with Crippen molar-refractivity contribution in [3.05, 3.63) is 63.4 Å². The second kappa shape index (κ2) is 11.4. The van der Waals surface area contributed by atoms with Crippen LogP contribution in [-0.2, 0) is 16.1 Å². The van der Waals surface area contributed by atoms with Crippen LogP contribution in [0.5, 0.6) is 0 Å². The topological polar surface area (TPSA) is 47.1 Å². The van der Waals surface area contributed by atoms with E-state index in [1.807, 2.05) is 24.0 Å². The van der Waals surface area contributed by atoms with Crippen LogP contribution < -0.4 is 4.90 Å². The Balaban J connectivity index is 1.55. The maximum absolute atomic E-state index is 13.9. The SMILES string of the molecule is CC(=O)N1CCN(C2CCN(c3ccc(F)cc3C)C(C(=O)N(C)Cc3cc(Cl)cc(Cl)c3)C2)CC1. The first-order valence-electron chi connectivity index (χ1n) is 12.3. The van der Waals surface area contributed by atoms with E-state index in [4.69, 9.17) is 23.2 Å². The molecule has 0 N–H and O–H groups in total. The minimum absolute atomic E-state index is 0.00175. The average molecular weight is 535 g/mol. The molecule has 0 aromatic heterocycles. The van der Waals surface area contributed by atoms with E-state index in [0.29, 0.717) is 42.6 Å².